The molecule has 0 radical (unpaired) electrons. The summed E-state index contributed by atoms with van der Waals surface area (Å²) in [5.41, 5.74) is 1.12. The number of carbonyl (C=O) groups excluding carboxylic acids is 1. The van der Waals surface area contributed by atoms with Gasteiger partial charge in [-0.1, -0.05) is 12.1 Å². The molecular formula is C21H28N2O5S. The molecule has 2 rings (SSSR count). The number of benzene rings is 2. The summed E-state index contributed by atoms with van der Waals surface area (Å²) in [7, 11) is -0.712. The lowest BCUT2D eigenvalue weighted by Gasteiger charge is -2.18. The highest BCUT2D eigenvalue weighted by Crippen LogP contribution is 2.30. The van der Waals surface area contributed by atoms with Gasteiger partial charge in [0.2, 0.25) is 10.0 Å². The molecular weight excluding hydrogens is 392 g/mol. The van der Waals surface area contributed by atoms with Crippen LogP contribution in [0.5, 0.6) is 11.5 Å². The predicted molar refractivity (Wildman–Crippen MR) is 112 cm³/mol. The van der Waals surface area contributed by atoms with E-state index in [0.29, 0.717) is 24.7 Å². The standard InChI is InChI=1S/C21H28N2O5S/c1-6-27-19-12-11-16(14-20(19)28-7-2)15(3)22-21(24)17-9-8-10-18(13-17)29(25,26)23(4)5/h8-15H,6-7H2,1-5H3,(H,22,24)/t15-/m1/s1. The largest absolute Gasteiger partial charge is 0.490 e. The maximum atomic E-state index is 12.7. The van der Waals surface area contributed by atoms with Crippen LogP contribution in [0.1, 0.15) is 42.7 Å². The van der Waals surface area contributed by atoms with Crippen LogP contribution in [0.4, 0.5) is 0 Å². The summed E-state index contributed by atoms with van der Waals surface area (Å²) in [5, 5.41) is 2.90. The second-order valence-corrected chi connectivity index (χ2v) is 8.73. The summed E-state index contributed by atoms with van der Waals surface area (Å²) in [4.78, 5) is 12.8. The molecule has 158 valence electrons. The molecule has 0 aliphatic rings. The number of ether oxygens (including phenoxy) is 2. The van der Waals surface area contributed by atoms with Gasteiger partial charge in [0.25, 0.3) is 5.91 Å². The van der Waals surface area contributed by atoms with Crippen LogP contribution in [0, 0.1) is 0 Å². The number of hydrogen-bond donors (Lipinski definition) is 1. The molecule has 0 bridgehead atoms. The Kier molecular flexibility index (Phi) is 7.64. The van der Waals surface area contributed by atoms with Gasteiger partial charge < -0.3 is 14.8 Å². The van der Waals surface area contributed by atoms with Crippen molar-refractivity contribution in [2.75, 3.05) is 27.3 Å². The minimum absolute atomic E-state index is 0.0718. The first-order valence-corrected chi connectivity index (χ1v) is 10.9. The third-order valence-electron chi connectivity index (χ3n) is 4.29. The zero-order chi connectivity index (χ0) is 21.6. The lowest BCUT2D eigenvalue weighted by atomic mass is 10.1. The summed E-state index contributed by atoms with van der Waals surface area (Å²) in [6.45, 7) is 6.67. The quantitative estimate of drug-likeness (QED) is 0.673. The van der Waals surface area contributed by atoms with Crippen LogP contribution in [0.15, 0.2) is 47.4 Å². The second-order valence-electron chi connectivity index (χ2n) is 6.58. The molecule has 0 saturated heterocycles. The molecule has 0 fully saturated rings. The highest BCUT2D eigenvalue weighted by Gasteiger charge is 2.20. The Balaban J connectivity index is 2.22. The van der Waals surface area contributed by atoms with Crippen molar-refractivity contribution in [2.45, 2.75) is 31.7 Å². The van der Waals surface area contributed by atoms with Crippen molar-refractivity contribution in [1.29, 1.82) is 0 Å². The minimum atomic E-state index is -3.61. The van der Waals surface area contributed by atoms with E-state index in [0.717, 1.165) is 9.87 Å². The van der Waals surface area contributed by atoms with Crippen molar-refractivity contribution in [1.82, 2.24) is 9.62 Å². The number of nitrogens with zero attached hydrogens (tertiary/aromatic N) is 1. The maximum absolute atomic E-state index is 12.7. The van der Waals surface area contributed by atoms with Gasteiger partial charge >= 0.3 is 0 Å². The number of rotatable bonds is 9. The summed E-state index contributed by atoms with van der Waals surface area (Å²) in [6, 6.07) is 11.2. The van der Waals surface area contributed by atoms with Gasteiger partial charge in [-0.2, -0.15) is 0 Å². The van der Waals surface area contributed by atoms with Crippen LogP contribution in [0.2, 0.25) is 0 Å². The molecule has 0 unspecified atom stereocenters. The first kappa shape index (κ1) is 22.7. The monoisotopic (exact) mass is 420 g/mol. The van der Waals surface area contributed by atoms with Gasteiger partial charge in [-0.3, -0.25) is 4.79 Å². The van der Waals surface area contributed by atoms with Gasteiger partial charge in [-0.15, -0.1) is 0 Å². The lowest BCUT2D eigenvalue weighted by molar-refractivity contribution is 0.0939. The average molecular weight is 421 g/mol. The van der Waals surface area contributed by atoms with Crippen LogP contribution in [0.3, 0.4) is 0 Å². The molecule has 0 spiro atoms. The topological polar surface area (TPSA) is 84.9 Å². The van der Waals surface area contributed by atoms with Crippen LogP contribution >= 0.6 is 0 Å². The Morgan fingerprint density at radius 1 is 1.03 bits per heavy atom. The first-order valence-electron chi connectivity index (χ1n) is 9.43. The third kappa shape index (κ3) is 5.48. The van der Waals surface area contributed by atoms with E-state index >= 15 is 0 Å². The van der Waals surface area contributed by atoms with E-state index in [4.69, 9.17) is 9.47 Å². The minimum Gasteiger partial charge on any atom is -0.490 e. The van der Waals surface area contributed by atoms with Crippen LogP contribution < -0.4 is 14.8 Å². The van der Waals surface area contributed by atoms with Crippen LogP contribution in [-0.2, 0) is 10.0 Å². The number of nitrogens with one attached hydrogen (secondary N) is 1. The molecule has 0 saturated carbocycles. The van der Waals surface area contributed by atoms with E-state index < -0.39 is 10.0 Å². The van der Waals surface area contributed by atoms with Gasteiger partial charge in [-0.25, -0.2) is 12.7 Å². The molecule has 0 aliphatic carbocycles. The van der Waals surface area contributed by atoms with Gasteiger partial charge in [0.05, 0.1) is 24.2 Å². The second kappa shape index (κ2) is 9.76. The van der Waals surface area contributed by atoms with E-state index in [2.05, 4.69) is 5.32 Å². The maximum Gasteiger partial charge on any atom is 0.251 e. The third-order valence-corrected chi connectivity index (χ3v) is 6.10. The first-order chi connectivity index (χ1) is 13.7. The van der Waals surface area contributed by atoms with Gasteiger partial charge in [0, 0.05) is 19.7 Å². The van der Waals surface area contributed by atoms with E-state index in [9.17, 15) is 13.2 Å². The SMILES string of the molecule is CCOc1ccc([C@@H](C)NC(=O)c2cccc(S(=O)(=O)N(C)C)c2)cc1OCC. The zero-order valence-corrected chi connectivity index (χ0v) is 18.2. The van der Waals surface area contributed by atoms with Crippen molar-refractivity contribution >= 4 is 15.9 Å². The van der Waals surface area contributed by atoms with E-state index in [-0.39, 0.29) is 22.4 Å². The fourth-order valence-electron chi connectivity index (χ4n) is 2.71. The molecule has 8 heteroatoms. The highest BCUT2D eigenvalue weighted by molar-refractivity contribution is 7.89. The van der Waals surface area contributed by atoms with Crippen LogP contribution in [-0.4, -0.2) is 45.9 Å². The normalized spacial score (nSPS) is 12.5. The fourth-order valence-corrected chi connectivity index (χ4v) is 3.66. The van der Waals surface area contributed by atoms with Crippen LogP contribution in [0.25, 0.3) is 0 Å². The summed E-state index contributed by atoms with van der Waals surface area (Å²) in [6.07, 6.45) is 0. The molecule has 1 amide bonds. The number of hydrogen-bond acceptors (Lipinski definition) is 5. The zero-order valence-electron chi connectivity index (χ0n) is 17.4. The Hall–Kier alpha value is -2.58. The molecule has 2 aromatic rings. The molecule has 7 nitrogen and oxygen atoms in total. The van der Waals surface area contributed by atoms with E-state index in [1.165, 1.54) is 26.2 Å². The Morgan fingerprint density at radius 3 is 2.31 bits per heavy atom. The molecule has 0 heterocycles. The molecule has 29 heavy (non-hydrogen) atoms. The molecule has 2 aromatic carbocycles. The number of amides is 1. The Morgan fingerprint density at radius 2 is 1.69 bits per heavy atom. The van der Waals surface area contributed by atoms with Crippen molar-refractivity contribution in [3.8, 4) is 11.5 Å². The Bertz CT molecular complexity index is 957. The number of sulfonamides is 1. The smallest absolute Gasteiger partial charge is 0.251 e. The van der Waals surface area contributed by atoms with Crippen molar-refractivity contribution in [2.24, 2.45) is 0 Å². The van der Waals surface area contributed by atoms with Crippen molar-refractivity contribution < 1.29 is 22.7 Å². The van der Waals surface area contributed by atoms with Crippen molar-refractivity contribution in [3.05, 3.63) is 53.6 Å². The Labute approximate surface area is 172 Å². The van der Waals surface area contributed by atoms with Crippen molar-refractivity contribution in [3.63, 3.8) is 0 Å². The number of carbonyl (C=O) groups is 1. The predicted octanol–water partition coefficient (Wildman–Crippen LogP) is 3.23. The lowest BCUT2D eigenvalue weighted by Crippen LogP contribution is -2.27. The van der Waals surface area contributed by atoms with E-state index in [1.807, 2.05) is 39.0 Å². The molecule has 1 atom stereocenters. The summed E-state index contributed by atoms with van der Waals surface area (Å²) in [5.74, 6) is 0.908. The van der Waals surface area contributed by atoms with Gasteiger partial charge in [0.1, 0.15) is 0 Å². The fraction of sp³-hybridized carbons (Fsp3) is 0.381. The molecule has 1 N–H and O–H groups in total. The summed E-state index contributed by atoms with van der Waals surface area (Å²) < 4.78 is 36.9. The van der Waals surface area contributed by atoms with Gasteiger partial charge in [0.15, 0.2) is 11.5 Å². The van der Waals surface area contributed by atoms with E-state index in [1.54, 1.807) is 12.1 Å². The summed E-state index contributed by atoms with van der Waals surface area (Å²) >= 11 is 0. The highest BCUT2D eigenvalue weighted by atomic mass is 32.2. The average Bonchev–Trinajstić information content (AvgIpc) is 2.69. The molecule has 0 aliphatic heterocycles. The molecule has 0 aromatic heterocycles. The van der Waals surface area contributed by atoms with Gasteiger partial charge in [-0.05, 0) is 56.7 Å².